The predicted octanol–water partition coefficient (Wildman–Crippen LogP) is 5.38. The zero-order valence-electron chi connectivity index (χ0n) is 17.7. The molecule has 0 radical (unpaired) electrons. The minimum Gasteiger partial charge on any atom is -0.370 e. The van der Waals surface area contributed by atoms with Gasteiger partial charge in [0.2, 0.25) is 0 Å². The van der Waals surface area contributed by atoms with Crippen LogP contribution in [0.2, 0.25) is 0 Å². The summed E-state index contributed by atoms with van der Waals surface area (Å²) in [7, 11) is 0. The van der Waals surface area contributed by atoms with E-state index in [9.17, 15) is 0 Å². The molecule has 1 aromatic carbocycles. The van der Waals surface area contributed by atoms with Crippen LogP contribution in [0.5, 0.6) is 0 Å². The van der Waals surface area contributed by atoms with E-state index >= 15 is 0 Å². The molecule has 3 rings (SSSR count). The van der Waals surface area contributed by atoms with Crippen LogP contribution in [-0.4, -0.2) is 43.0 Å². The molecule has 29 heavy (non-hydrogen) atoms. The van der Waals surface area contributed by atoms with Gasteiger partial charge in [-0.25, -0.2) is 0 Å². The van der Waals surface area contributed by atoms with Gasteiger partial charge < -0.3 is 9.80 Å². The third-order valence-corrected chi connectivity index (χ3v) is 5.50. The van der Waals surface area contributed by atoms with E-state index in [0.717, 1.165) is 44.6 Å². The third kappa shape index (κ3) is 5.14. The Morgan fingerprint density at radius 1 is 1.24 bits per heavy atom. The van der Waals surface area contributed by atoms with Crippen molar-refractivity contribution in [3.63, 3.8) is 0 Å². The van der Waals surface area contributed by atoms with E-state index in [1.807, 2.05) is 25.4 Å². The van der Waals surface area contributed by atoms with Gasteiger partial charge in [-0.05, 0) is 50.8 Å². The van der Waals surface area contributed by atoms with E-state index in [1.165, 1.54) is 22.7 Å². The molecule has 152 valence electrons. The van der Waals surface area contributed by atoms with E-state index < -0.39 is 0 Å². The molecule has 2 aliphatic heterocycles. The van der Waals surface area contributed by atoms with Crippen LogP contribution in [-0.2, 0) is 0 Å². The van der Waals surface area contributed by atoms with Crippen LogP contribution in [0, 0.1) is 0 Å². The number of dihydropyridines is 1. The van der Waals surface area contributed by atoms with Crippen molar-refractivity contribution in [2.45, 2.75) is 39.2 Å². The molecule has 0 amide bonds. The minimum absolute atomic E-state index is 0.430. The van der Waals surface area contributed by atoms with Crippen molar-refractivity contribution < 1.29 is 0 Å². The lowest BCUT2D eigenvalue weighted by molar-refractivity contribution is 0.272. The van der Waals surface area contributed by atoms with Crippen LogP contribution in [0.3, 0.4) is 0 Å². The number of benzene rings is 1. The van der Waals surface area contributed by atoms with Gasteiger partial charge in [-0.3, -0.25) is 9.98 Å². The monoisotopic (exact) mass is 388 g/mol. The number of anilines is 1. The molecule has 4 nitrogen and oxygen atoms in total. The number of nitrogens with zero attached hydrogens (tertiary/aromatic N) is 4. The highest BCUT2D eigenvalue weighted by Crippen LogP contribution is 2.31. The van der Waals surface area contributed by atoms with Gasteiger partial charge in [0.1, 0.15) is 0 Å². The molecule has 2 aliphatic rings. The summed E-state index contributed by atoms with van der Waals surface area (Å²) in [4.78, 5) is 13.9. The molecule has 0 N–H and O–H groups in total. The van der Waals surface area contributed by atoms with E-state index in [4.69, 9.17) is 0 Å². The van der Waals surface area contributed by atoms with E-state index in [1.54, 1.807) is 0 Å². The largest absolute Gasteiger partial charge is 0.370 e. The van der Waals surface area contributed by atoms with Crippen LogP contribution >= 0.6 is 0 Å². The molecule has 0 atom stereocenters. The molecule has 0 aliphatic carbocycles. The second-order valence-corrected chi connectivity index (χ2v) is 7.53. The summed E-state index contributed by atoms with van der Waals surface area (Å²) in [6.07, 6.45) is 11.2. The number of hydrogen-bond acceptors (Lipinski definition) is 4. The lowest BCUT2D eigenvalue weighted by Gasteiger charge is -2.42. The van der Waals surface area contributed by atoms with E-state index in [0.29, 0.717) is 6.04 Å². The highest BCUT2D eigenvalue weighted by Gasteiger charge is 2.28. The maximum Gasteiger partial charge on any atom is 0.0627 e. The standard InChI is InChI=1S/C25H32N4/c1-5-21-12-15-26-19-25(21)29(23-10-8-7-9-11-23)24-13-16-28(17-14-24)22(6-2)18-27-20(3)4/h5-11,18-19,24H,1,3,12-17H2,2,4H3/b22-6+,27-18?. The van der Waals surface area contributed by atoms with Crippen molar-refractivity contribution >= 4 is 18.1 Å². The quantitative estimate of drug-likeness (QED) is 0.587. The first-order valence-corrected chi connectivity index (χ1v) is 10.4. The third-order valence-electron chi connectivity index (χ3n) is 5.50. The maximum absolute atomic E-state index is 4.58. The number of hydrogen-bond donors (Lipinski definition) is 0. The van der Waals surface area contributed by atoms with Crippen LogP contribution < -0.4 is 4.90 Å². The van der Waals surface area contributed by atoms with Crippen LogP contribution in [0.15, 0.2) is 88.3 Å². The molecular formula is C25H32N4. The van der Waals surface area contributed by atoms with Crippen molar-refractivity contribution in [2.75, 3.05) is 24.5 Å². The summed E-state index contributed by atoms with van der Waals surface area (Å²) in [5.41, 5.74) is 5.71. The lowest BCUT2D eigenvalue weighted by Crippen LogP contribution is -2.45. The number of aliphatic imine (C=N–C) groups is 2. The summed E-state index contributed by atoms with van der Waals surface area (Å²) >= 11 is 0. The van der Waals surface area contributed by atoms with Crippen molar-refractivity contribution in [3.05, 3.63) is 78.3 Å². The van der Waals surface area contributed by atoms with Gasteiger partial charge in [0.15, 0.2) is 0 Å². The lowest BCUT2D eigenvalue weighted by atomic mass is 9.98. The Bertz CT molecular complexity index is 837. The second kappa shape index (κ2) is 10.1. The summed E-state index contributed by atoms with van der Waals surface area (Å²) in [5.74, 6) is 0. The van der Waals surface area contributed by atoms with Crippen molar-refractivity contribution in [3.8, 4) is 0 Å². The fraction of sp³-hybridized carbons (Fsp3) is 0.360. The molecule has 0 bridgehead atoms. The number of allylic oxidation sites excluding steroid dienone is 5. The minimum atomic E-state index is 0.430. The Balaban J connectivity index is 1.83. The van der Waals surface area contributed by atoms with Gasteiger partial charge >= 0.3 is 0 Å². The first-order valence-electron chi connectivity index (χ1n) is 10.4. The van der Waals surface area contributed by atoms with Crippen molar-refractivity contribution in [1.29, 1.82) is 0 Å². The number of para-hydroxylation sites is 1. The first-order chi connectivity index (χ1) is 14.1. The molecular weight excluding hydrogens is 356 g/mol. The average Bonchev–Trinajstić information content (AvgIpc) is 2.76. The van der Waals surface area contributed by atoms with Gasteiger partial charge in [-0.1, -0.05) is 43.5 Å². The zero-order valence-corrected chi connectivity index (χ0v) is 17.7. The normalized spacial score (nSPS) is 18.4. The van der Waals surface area contributed by atoms with Gasteiger partial charge in [0.25, 0.3) is 0 Å². The Morgan fingerprint density at radius 2 is 1.97 bits per heavy atom. The molecule has 2 heterocycles. The molecule has 0 spiro atoms. The van der Waals surface area contributed by atoms with Crippen molar-refractivity contribution in [2.24, 2.45) is 9.98 Å². The van der Waals surface area contributed by atoms with Gasteiger partial charge in [-0.2, -0.15) is 0 Å². The molecule has 0 saturated carbocycles. The van der Waals surface area contributed by atoms with E-state index in [-0.39, 0.29) is 0 Å². The fourth-order valence-electron chi connectivity index (χ4n) is 4.00. The van der Waals surface area contributed by atoms with Crippen molar-refractivity contribution in [1.82, 2.24) is 4.90 Å². The smallest absolute Gasteiger partial charge is 0.0627 e. The second-order valence-electron chi connectivity index (χ2n) is 7.53. The number of likely N-dealkylation sites (tertiary alicyclic amines) is 1. The van der Waals surface area contributed by atoms with Gasteiger partial charge in [-0.15, -0.1) is 0 Å². The average molecular weight is 389 g/mol. The number of rotatable bonds is 7. The van der Waals surface area contributed by atoms with Crippen LogP contribution in [0.25, 0.3) is 0 Å². The Kier molecular flexibility index (Phi) is 7.23. The summed E-state index contributed by atoms with van der Waals surface area (Å²) in [6.45, 7) is 14.8. The summed E-state index contributed by atoms with van der Waals surface area (Å²) in [5, 5.41) is 0. The molecule has 0 unspecified atom stereocenters. The molecule has 1 aromatic rings. The highest BCUT2D eigenvalue weighted by molar-refractivity contribution is 5.87. The molecule has 4 heteroatoms. The Morgan fingerprint density at radius 3 is 2.59 bits per heavy atom. The van der Waals surface area contributed by atoms with Crippen LogP contribution in [0.4, 0.5) is 5.69 Å². The van der Waals surface area contributed by atoms with Gasteiger partial charge in [0, 0.05) is 43.3 Å². The molecule has 1 fully saturated rings. The maximum atomic E-state index is 4.58. The Labute approximate surface area is 175 Å². The summed E-state index contributed by atoms with van der Waals surface area (Å²) in [6, 6.07) is 11.1. The topological polar surface area (TPSA) is 31.2 Å². The summed E-state index contributed by atoms with van der Waals surface area (Å²) < 4.78 is 0. The van der Waals surface area contributed by atoms with Gasteiger partial charge in [0.05, 0.1) is 17.6 Å². The fourth-order valence-corrected chi connectivity index (χ4v) is 4.00. The predicted molar refractivity (Wildman–Crippen MR) is 126 cm³/mol. The molecule has 0 aromatic heterocycles. The first kappa shape index (κ1) is 20.8. The van der Waals surface area contributed by atoms with Crippen LogP contribution in [0.1, 0.15) is 33.1 Å². The zero-order chi connectivity index (χ0) is 20.6. The Hall–Kier alpha value is -2.88. The molecule has 1 saturated heterocycles. The van der Waals surface area contributed by atoms with E-state index in [2.05, 4.69) is 76.3 Å². The number of piperidine rings is 1. The highest BCUT2D eigenvalue weighted by atomic mass is 15.2. The SMILES string of the molecule is C=CC1=C(N(c2ccccc2)C2CCN(/C(C=NC(=C)C)=C/C)CC2)C=NCC1.